The lowest BCUT2D eigenvalue weighted by molar-refractivity contribution is 0.188. The molecule has 1 aliphatic rings. The minimum atomic E-state index is -0.414. The Morgan fingerprint density at radius 3 is 3.07 bits per heavy atom. The van der Waals surface area contributed by atoms with Gasteiger partial charge in [-0.15, -0.1) is 0 Å². The second-order valence-electron chi connectivity index (χ2n) is 3.49. The molecular formula is C10H12ClFN2O. The number of rotatable bonds is 2. The van der Waals surface area contributed by atoms with Gasteiger partial charge in [-0.1, -0.05) is 11.6 Å². The summed E-state index contributed by atoms with van der Waals surface area (Å²) in [5.74, 6) is -0.414. The highest BCUT2D eigenvalue weighted by Crippen LogP contribution is 2.31. The molecule has 0 fully saturated rings. The highest BCUT2D eigenvalue weighted by molar-refractivity contribution is 6.31. The van der Waals surface area contributed by atoms with E-state index in [1.54, 1.807) is 13.2 Å². The molecule has 0 saturated carbocycles. The van der Waals surface area contributed by atoms with E-state index in [9.17, 15) is 4.39 Å². The first kappa shape index (κ1) is 10.5. The molecule has 0 aromatic heterocycles. The molecule has 1 atom stereocenters. The van der Waals surface area contributed by atoms with E-state index in [-0.39, 0.29) is 11.1 Å². The van der Waals surface area contributed by atoms with Gasteiger partial charge in [0.25, 0.3) is 0 Å². The summed E-state index contributed by atoms with van der Waals surface area (Å²) in [7, 11) is 1.64. The summed E-state index contributed by atoms with van der Waals surface area (Å²) in [5.41, 5.74) is 1.55. The number of nitrogens with one attached hydrogen (secondary N) is 2. The zero-order valence-corrected chi connectivity index (χ0v) is 9.07. The van der Waals surface area contributed by atoms with Gasteiger partial charge in [-0.25, -0.2) is 4.39 Å². The van der Waals surface area contributed by atoms with E-state index in [4.69, 9.17) is 16.3 Å². The van der Waals surface area contributed by atoms with Gasteiger partial charge in [-0.2, -0.15) is 0 Å². The largest absolute Gasteiger partial charge is 0.382 e. The lowest BCUT2D eigenvalue weighted by atomic mass is 10.1. The van der Waals surface area contributed by atoms with Crippen molar-refractivity contribution < 1.29 is 9.13 Å². The normalized spacial score (nSPS) is 19.0. The van der Waals surface area contributed by atoms with Crippen molar-refractivity contribution in [3.05, 3.63) is 23.0 Å². The molecule has 15 heavy (non-hydrogen) atoms. The molecule has 0 radical (unpaired) electrons. The summed E-state index contributed by atoms with van der Waals surface area (Å²) >= 11 is 5.68. The molecule has 0 spiro atoms. The van der Waals surface area contributed by atoms with Gasteiger partial charge in [0.05, 0.1) is 29.0 Å². The Morgan fingerprint density at radius 1 is 1.53 bits per heavy atom. The average Bonchev–Trinajstić information content (AvgIpc) is 2.21. The molecule has 5 heteroatoms. The van der Waals surface area contributed by atoms with Gasteiger partial charge in [0.1, 0.15) is 5.82 Å². The third-order valence-corrected chi connectivity index (χ3v) is 2.62. The number of hydrogen-bond donors (Lipinski definition) is 2. The van der Waals surface area contributed by atoms with Crippen molar-refractivity contribution in [3.63, 3.8) is 0 Å². The first-order valence-electron chi connectivity index (χ1n) is 4.69. The van der Waals surface area contributed by atoms with Crippen LogP contribution in [0.1, 0.15) is 0 Å². The Hall–Kier alpha value is -1.00. The van der Waals surface area contributed by atoms with Gasteiger partial charge in [0, 0.05) is 19.7 Å². The standard InChI is InChI=1S/C10H12ClFN2O/c1-15-5-6-4-13-9-2-7(11)8(12)3-10(9)14-6/h2-3,6,13-14H,4-5H2,1H3. The SMILES string of the molecule is COCC1CNc2cc(Cl)c(F)cc2N1. The van der Waals surface area contributed by atoms with Crippen LogP contribution in [0.3, 0.4) is 0 Å². The van der Waals surface area contributed by atoms with Gasteiger partial charge in [-0.3, -0.25) is 0 Å². The molecule has 2 rings (SSSR count). The van der Waals surface area contributed by atoms with Crippen LogP contribution in [-0.2, 0) is 4.74 Å². The number of ether oxygens (including phenoxy) is 1. The molecule has 1 aromatic carbocycles. The Labute approximate surface area is 92.6 Å². The Kier molecular flexibility index (Phi) is 2.98. The molecule has 1 unspecified atom stereocenters. The van der Waals surface area contributed by atoms with Crippen LogP contribution in [0.15, 0.2) is 12.1 Å². The van der Waals surface area contributed by atoms with Crippen LogP contribution in [0.4, 0.5) is 15.8 Å². The zero-order valence-electron chi connectivity index (χ0n) is 8.31. The van der Waals surface area contributed by atoms with Crippen LogP contribution in [0.5, 0.6) is 0 Å². The summed E-state index contributed by atoms with van der Waals surface area (Å²) < 4.78 is 18.2. The van der Waals surface area contributed by atoms with Crippen molar-refractivity contribution >= 4 is 23.0 Å². The van der Waals surface area contributed by atoms with Crippen LogP contribution in [0.2, 0.25) is 5.02 Å². The Morgan fingerprint density at radius 2 is 2.33 bits per heavy atom. The Bertz CT molecular complexity index is 373. The second kappa shape index (κ2) is 4.24. The van der Waals surface area contributed by atoms with Crippen molar-refractivity contribution in [3.8, 4) is 0 Å². The fourth-order valence-corrected chi connectivity index (χ4v) is 1.78. The predicted octanol–water partition coefficient (Wildman–Crippen LogP) is 2.33. The van der Waals surface area contributed by atoms with E-state index >= 15 is 0 Å². The number of methoxy groups -OCH3 is 1. The van der Waals surface area contributed by atoms with E-state index in [1.165, 1.54) is 6.07 Å². The van der Waals surface area contributed by atoms with Crippen molar-refractivity contribution in [2.75, 3.05) is 30.9 Å². The van der Waals surface area contributed by atoms with Gasteiger partial charge in [-0.05, 0) is 6.07 Å². The van der Waals surface area contributed by atoms with E-state index in [0.717, 1.165) is 17.9 Å². The lowest BCUT2D eigenvalue weighted by Crippen LogP contribution is -2.36. The van der Waals surface area contributed by atoms with Crippen LogP contribution in [0.25, 0.3) is 0 Å². The highest BCUT2D eigenvalue weighted by atomic mass is 35.5. The van der Waals surface area contributed by atoms with E-state index in [0.29, 0.717) is 6.61 Å². The molecule has 0 saturated heterocycles. The molecule has 0 bridgehead atoms. The molecular weight excluding hydrogens is 219 g/mol. The highest BCUT2D eigenvalue weighted by Gasteiger charge is 2.18. The van der Waals surface area contributed by atoms with Crippen molar-refractivity contribution in [1.82, 2.24) is 0 Å². The average molecular weight is 231 g/mol. The molecule has 2 N–H and O–H groups in total. The maximum absolute atomic E-state index is 13.2. The monoisotopic (exact) mass is 230 g/mol. The minimum absolute atomic E-state index is 0.133. The smallest absolute Gasteiger partial charge is 0.143 e. The number of halogens is 2. The van der Waals surface area contributed by atoms with Gasteiger partial charge in [0.2, 0.25) is 0 Å². The van der Waals surface area contributed by atoms with Crippen molar-refractivity contribution in [2.24, 2.45) is 0 Å². The maximum Gasteiger partial charge on any atom is 0.143 e. The summed E-state index contributed by atoms with van der Waals surface area (Å²) in [5, 5.41) is 6.48. The lowest BCUT2D eigenvalue weighted by Gasteiger charge is -2.28. The summed E-state index contributed by atoms with van der Waals surface area (Å²) in [6, 6.07) is 3.14. The molecule has 1 aromatic rings. The number of benzene rings is 1. The van der Waals surface area contributed by atoms with E-state index < -0.39 is 5.82 Å². The summed E-state index contributed by atoms with van der Waals surface area (Å²) in [6.45, 7) is 1.32. The van der Waals surface area contributed by atoms with Crippen LogP contribution in [0, 0.1) is 5.82 Å². The third kappa shape index (κ3) is 2.16. The van der Waals surface area contributed by atoms with Gasteiger partial charge >= 0.3 is 0 Å². The molecule has 1 aliphatic heterocycles. The minimum Gasteiger partial charge on any atom is -0.382 e. The van der Waals surface area contributed by atoms with Crippen LogP contribution in [-0.4, -0.2) is 26.3 Å². The van der Waals surface area contributed by atoms with Crippen LogP contribution >= 0.6 is 11.6 Å². The molecule has 0 amide bonds. The summed E-state index contributed by atoms with van der Waals surface area (Å²) in [4.78, 5) is 0. The molecule has 3 nitrogen and oxygen atoms in total. The quantitative estimate of drug-likeness (QED) is 0.818. The zero-order chi connectivity index (χ0) is 10.8. The van der Waals surface area contributed by atoms with Gasteiger partial charge < -0.3 is 15.4 Å². The number of anilines is 2. The topological polar surface area (TPSA) is 33.3 Å². The molecule has 1 heterocycles. The predicted molar refractivity (Wildman–Crippen MR) is 59.2 cm³/mol. The van der Waals surface area contributed by atoms with Crippen molar-refractivity contribution in [1.29, 1.82) is 0 Å². The first-order chi connectivity index (χ1) is 7.20. The fourth-order valence-electron chi connectivity index (χ4n) is 1.62. The summed E-state index contributed by atoms with van der Waals surface area (Å²) in [6.07, 6.45) is 0. The first-order valence-corrected chi connectivity index (χ1v) is 5.07. The molecule has 0 aliphatic carbocycles. The third-order valence-electron chi connectivity index (χ3n) is 2.33. The number of hydrogen-bond acceptors (Lipinski definition) is 3. The maximum atomic E-state index is 13.2. The van der Waals surface area contributed by atoms with E-state index in [1.807, 2.05) is 0 Å². The molecule has 82 valence electrons. The van der Waals surface area contributed by atoms with E-state index in [2.05, 4.69) is 10.6 Å². The second-order valence-corrected chi connectivity index (χ2v) is 3.90. The Balaban J connectivity index is 2.22. The number of fused-ring (bicyclic) bond motifs is 1. The fraction of sp³-hybridized carbons (Fsp3) is 0.400. The van der Waals surface area contributed by atoms with Crippen LogP contribution < -0.4 is 10.6 Å². The van der Waals surface area contributed by atoms with Crippen molar-refractivity contribution in [2.45, 2.75) is 6.04 Å². The van der Waals surface area contributed by atoms with Gasteiger partial charge in [0.15, 0.2) is 0 Å².